The third-order valence-corrected chi connectivity index (χ3v) is 10.7. The molecule has 37 heavy (non-hydrogen) atoms. The zero-order valence-corrected chi connectivity index (χ0v) is 24.3. The van der Waals surface area contributed by atoms with Gasteiger partial charge in [-0.2, -0.15) is 0 Å². The molecule has 2 heterocycles. The molecule has 0 radical (unpaired) electrons. The first kappa shape index (κ1) is 24.1. The van der Waals surface area contributed by atoms with E-state index in [2.05, 4.69) is 125 Å². The Bertz CT molecular complexity index is 1780. The van der Waals surface area contributed by atoms with Gasteiger partial charge in [0.05, 0.1) is 13.8 Å². The third kappa shape index (κ3) is 4.20. The third-order valence-electron chi connectivity index (χ3n) is 7.41. The summed E-state index contributed by atoms with van der Waals surface area (Å²) in [7, 11) is -1.33. The van der Waals surface area contributed by atoms with Gasteiger partial charge in [-0.3, -0.25) is 4.98 Å². The van der Waals surface area contributed by atoms with Crippen LogP contribution in [0.4, 0.5) is 0 Å². The van der Waals surface area contributed by atoms with Crippen molar-refractivity contribution in [3.05, 3.63) is 96.7 Å². The minimum Gasteiger partial charge on any atom is -0.256 e. The Hall–Kier alpha value is -3.27. The first-order valence-electron chi connectivity index (χ1n) is 13.1. The van der Waals surface area contributed by atoms with E-state index in [0.717, 1.165) is 5.69 Å². The number of pyridine rings is 1. The second kappa shape index (κ2) is 8.65. The second-order valence-electron chi connectivity index (χ2n) is 12.1. The van der Waals surface area contributed by atoms with Crippen LogP contribution in [0.15, 0.2) is 91.1 Å². The molecule has 4 aromatic carbocycles. The molecule has 184 valence electrons. The molecular weight excluding hydrogens is 483 g/mol. The molecule has 0 aliphatic carbocycles. The van der Waals surface area contributed by atoms with Gasteiger partial charge in [-0.15, -0.1) is 11.3 Å². The number of thiophene rings is 1. The summed E-state index contributed by atoms with van der Waals surface area (Å²) in [6.45, 7) is 14.1. The molecule has 0 N–H and O–H groups in total. The van der Waals surface area contributed by atoms with E-state index in [4.69, 9.17) is 4.98 Å². The molecule has 0 saturated carbocycles. The summed E-state index contributed by atoms with van der Waals surface area (Å²) < 4.78 is 2.63. The summed E-state index contributed by atoms with van der Waals surface area (Å²) in [4.78, 5) is 4.98. The lowest BCUT2D eigenvalue weighted by molar-refractivity contribution is 0.596. The molecule has 0 aliphatic rings. The highest BCUT2D eigenvalue weighted by Crippen LogP contribution is 2.44. The van der Waals surface area contributed by atoms with Crippen molar-refractivity contribution in [1.82, 2.24) is 4.98 Å². The van der Waals surface area contributed by atoms with Crippen molar-refractivity contribution in [2.24, 2.45) is 0 Å². The molecule has 1 nitrogen and oxygen atoms in total. The van der Waals surface area contributed by atoms with Gasteiger partial charge in [-0.05, 0) is 51.1 Å². The molecule has 0 spiro atoms. The van der Waals surface area contributed by atoms with Crippen LogP contribution in [0.1, 0.15) is 26.3 Å². The topological polar surface area (TPSA) is 12.9 Å². The van der Waals surface area contributed by atoms with E-state index in [9.17, 15) is 0 Å². The molecule has 0 bridgehead atoms. The van der Waals surface area contributed by atoms with Gasteiger partial charge in [0.1, 0.15) is 0 Å². The summed E-state index contributed by atoms with van der Waals surface area (Å²) in [5, 5.41) is 6.65. The molecule has 6 rings (SSSR count). The first-order valence-corrected chi connectivity index (χ1v) is 17.4. The summed E-state index contributed by atoms with van der Waals surface area (Å²) in [5.41, 5.74) is 6.26. The highest BCUT2D eigenvalue weighted by molar-refractivity contribution is 7.26. The standard InChI is InChI=1S/C34H33NSSi/c1-34(2,3)29-21-24(20-23-10-7-8-11-26(23)29)32-31-28-13-9-12-27(33(28)36-30(31)18-19-35-32)22-14-16-25(17-15-22)37(4,5)6/h7-21H,1-6H3. The summed E-state index contributed by atoms with van der Waals surface area (Å²) >= 11 is 1.88. The molecule has 0 unspecified atom stereocenters. The van der Waals surface area contributed by atoms with Gasteiger partial charge >= 0.3 is 0 Å². The largest absolute Gasteiger partial charge is 0.256 e. The molecule has 3 heteroatoms. The lowest BCUT2D eigenvalue weighted by Crippen LogP contribution is -2.37. The van der Waals surface area contributed by atoms with E-state index in [1.54, 1.807) is 0 Å². The second-order valence-corrected chi connectivity index (χ2v) is 18.3. The molecular formula is C34H33NSSi. The van der Waals surface area contributed by atoms with Gasteiger partial charge in [-0.25, -0.2) is 0 Å². The van der Waals surface area contributed by atoms with Gasteiger partial charge in [-0.1, -0.05) is 112 Å². The zero-order chi connectivity index (χ0) is 25.9. The fraction of sp³-hybridized carbons (Fsp3) is 0.206. The maximum absolute atomic E-state index is 4.98. The number of benzene rings is 4. The highest BCUT2D eigenvalue weighted by atomic mass is 32.1. The van der Waals surface area contributed by atoms with Crippen molar-refractivity contribution < 1.29 is 0 Å². The monoisotopic (exact) mass is 515 g/mol. The number of rotatable bonds is 3. The minimum absolute atomic E-state index is 0.0372. The van der Waals surface area contributed by atoms with E-state index in [-0.39, 0.29) is 5.41 Å². The molecule has 6 aromatic rings. The normalized spacial score (nSPS) is 12.6. The minimum atomic E-state index is -1.33. The lowest BCUT2D eigenvalue weighted by Gasteiger charge is -2.23. The fourth-order valence-corrected chi connectivity index (χ4v) is 7.81. The van der Waals surface area contributed by atoms with Crippen molar-refractivity contribution >= 4 is 55.5 Å². The number of nitrogens with zero attached hydrogens (tertiary/aromatic N) is 1. The zero-order valence-electron chi connectivity index (χ0n) is 22.5. The molecule has 0 amide bonds. The van der Waals surface area contributed by atoms with E-state index in [0.29, 0.717) is 0 Å². The highest BCUT2D eigenvalue weighted by Gasteiger charge is 2.21. The smallest absolute Gasteiger partial charge is 0.0795 e. The Kier molecular flexibility index (Phi) is 5.63. The van der Waals surface area contributed by atoms with Crippen LogP contribution in [0.25, 0.3) is 53.3 Å². The number of aromatic nitrogens is 1. The summed E-state index contributed by atoms with van der Waals surface area (Å²) in [5.74, 6) is 0. The van der Waals surface area contributed by atoms with Gasteiger partial charge in [0.25, 0.3) is 0 Å². The van der Waals surface area contributed by atoms with E-state index in [1.807, 2.05) is 17.5 Å². The SMILES string of the molecule is CC(C)(C)c1cc(-c2nccc3sc4c(-c5ccc([Si](C)(C)C)cc5)cccc4c23)cc2ccccc12. The molecule has 0 fully saturated rings. The van der Waals surface area contributed by atoms with E-state index in [1.165, 1.54) is 58.4 Å². The Labute approximate surface area is 224 Å². The van der Waals surface area contributed by atoms with Gasteiger partial charge < -0.3 is 0 Å². The van der Waals surface area contributed by atoms with Crippen molar-refractivity contribution in [3.63, 3.8) is 0 Å². The predicted molar refractivity (Wildman–Crippen MR) is 167 cm³/mol. The number of hydrogen-bond donors (Lipinski definition) is 0. The molecule has 0 aliphatic heterocycles. The maximum Gasteiger partial charge on any atom is 0.0795 e. The van der Waals surface area contributed by atoms with Crippen LogP contribution >= 0.6 is 11.3 Å². The van der Waals surface area contributed by atoms with Crippen LogP contribution in [-0.4, -0.2) is 13.1 Å². The molecule has 0 saturated heterocycles. The Morgan fingerprint density at radius 3 is 2.19 bits per heavy atom. The van der Waals surface area contributed by atoms with E-state index >= 15 is 0 Å². The lowest BCUT2D eigenvalue weighted by atomic mass is 9.82. The van der Waals surface area contributed by atoms with Crippen LogP contribution < -0.4 is 5.19 Å². The quantitative estimate of drug-likeness (QED) is 0.214. The Morgan fingerprint density at radius 2 is 1.46 bits per heavy atom. The van der Waals surface area contributed by atoms with Crippen molar-refractivity contribution in [2.45, 2.75) is 45.8 Å². The van der Waals surface area contributed by atoms with Crippen LogP contribution in [0.5, 0.6) is 0 Å². The summed E-state index contributed by atoms with van der Waals surface area (Å²) in [6, 6.07) is 31.6. The maximum atomic E-state index is 4.98. The van der Waals surface area contributed by atoms with Crippen LogP contribution in [0, 0.1) is 0 Å². The van der Waals surface area contributed by atoms with Crippen LogP contribution in [-0.2, 0) is 5.41 Å². The number of hydrogen-bond acceptors (Lipinski definition) is 2. The number of fused-ring (bicyclic) bond motifs is 4. The van der Waals surface area contributed by atoms with Gasteiger partial charge in [0.15, 0.2) is 0 Å². The van der Waals surface area contributed by atoms with Gasteiger partial charge in [0, 0.05) is 31.9 Å². The van der Waals surface area contributed by atoms with Crippen molar-refractivity contribution in [2.75, 3.05) is 0 Å². The Balaban J connectivity index is 1.59. The first-order chi connectivity index (χ1) is 17.6. The van der Waals surface area contributed by atoms with Crippen LogP contribution in [0.3, 0.4) is 0 Å². The van der Waals surface area contributed by atoms with E-state index < -0.39 is 8.07 Å². The average molecular weight is 516 g/mol. The molecule has 2 aromatic heterocycles. The van der Waals surface area contributed by atoms with Crippen molar-refractivity contribution in [1.29, 1.82) is 0 Å². The average Bonchev–Trinajstić information content (AvgIpc) is 3.26. The predicted octanol–water partition coefficient (Wildman–Crippen LogP) is 9.78. The van der Waals surface area contributed by atoms with Crippen LogP contribution in [0.2, 0.25) is 19.6 Å². The Morgan fingerprint density at radius 1 is 0.730 bits per heavy atom. The van der Waals surface area contributed by atoms with Crippen molar-refractivity contribution in [3.8, 4) is 22.4 Å². The summed E-state index contributed by atoms with van der Waals surface area (Å²) in [6.07, 6.45) is 1.97. The van der Waals surface area contributed by atoms with Gasteiger partial charge in [0.2, 0.25) is 0 Å². The molecule has 0 atom stereocenters. The fourth-order valence-electron chi connectivity index (χ4n) is 5.41.